The summed E-state index contributed by atoms with van der Waals surface area (Å²) in [7, 11) is 0. The third kappa shape index (κ3) is 4.14. The lowest BCUT2D eigenvalue weighted by molar-refractivity contribution is 0.325. The van der Waals surface area contributed by atoms with Gasteiger partial charge in [-0.05, 0) is 35.9 Å². The van der Waals surface area contributed by atoms with E-state index in [2.05, 4.69) is 23.2 Å². The SMILES string of the molecule is [c]1ccc(-c2nc3c(OCCc4ccncc4)cccc3nc2-c2ccccc2)cc1. The summed E-state index contributed by atoms with van der Waals surface area (Å²) in [5, 5.41) is 0. The number of nitrogens with zero attached hydrogens (tertiary/aromatic N) is 3. The van der Waals surface area contributed by atoms with Crippen molar-refractivity contribution in [3.8, 4) is 28.3 Å². The van der Waals surface area contributed by atoms with Crippen molar-refractivity contribution >= 4 is 11.0 Å². The van der Waals surface area contributed by atoms with Gasteiger partial charge >= 0.3 is 0 Å². The maximum Gasteiger partial charge on any atom is 0.147 e. The number of benzene rings is 3. The van der Waals surface area contributed by atoms with Crippen molar-refractivity contribution < 1.29 is 4.74 Å². The van der Waals surface area contributed by atoms with Crippen LogP contribution >= 0.6 is 0 Å². The zero-order chi connectivity index (χ0) is 20.9. The Labute approximate surface area is 181 Å². The predicted molar refractivity (Wildman–Crippen MR) is 123 cm³/mol. The Morgan fingerprint density at radius 2 is 1.45 bits per heavy atom. The van der Waals surface area contributed by atoms with Gasteiger partial charge in [0, 0.05) is 29.9 Å². The van der Waals surface area contributed by atoms with Crippen LogP contribution in [0.4, 0.5) is 0 Å². The van der Waals surface area contributed by atoms with Crippen molar-refractivity contribution in [3.63, 3.8) is 0 Å². The van der Waals surface area contributed by atoms with Crippen molar-refractivity contribution in [2.75, 3.05) is 6.61 Å². The molecule has 5 aromatic rings. The van der Waals surface area contributed by atoms with E-state index >= 15 is 0 Å². The number of rotatable bonds is 6. The van der Waals surface area contributed by atoms with Gasteiger partial charge in [0.05, 0.1) is 23.5 Å². The summed E-state index contributed by atoms with van der Waals surface area (Å²) in [6.07, 6.45) is 4.40. The van der Waals surface area contributed by atoms with Crippen LogP contribution < -0.4 is 4.74 Å². The fraction of sp³-hybridized carbons (Fsp3) is 0.0741. The van der Waals surface area contributed by atoms with Crippen molar-refractivity contribution in [2.24, 2.45) is 0 Å². The van der Waals surface area contributed by atoms with Crippen LogP contribution in [0.15, 0.2) is 97.3 Å². The molecule has 2 heterocycles. The Bertz CT molecular complexity index is 1290. The molecule has 0 atom stereocenters. The van der Waals surface area contributed by atoms with E-state index in [0.29, 0.717) is 6.61 Å². The van der Waals surface area contributed by atoms with Crippen LogP contribution in [0.5, 0.6) is 5.75 Å². The highest BCUT2D eigenvalue weighted by molar-refractivity contribution is 5.89. The number of fused-ring (bicyclic) bond motifs is 1. The van der Waals surface area contributed by atoms with Crippen molar-refractivity contribution in [2.45, 2.75) is 6.42 Å². The van der Waals surface area contributed by atoms with Gasteiger partial charge in [-0.25, -0.2) is 9.97 Å². The maximum absolute atomic E-state index is 6.13. The van der Waals surface area contributed by atoms with E-state index in [-0.39, 0.29) is 0 Å². The van der Waals surface area contributed by atoms with E-state index in [4.69, 9.17) is 14.7 Å². The number of ether oxygens (including phenoxy) is 1. The number of pyridine rings is 1. The van der Waals surface area contributed by atoms with E-state index in [9.17, 15) is 0 Å². The monoisotopic (exact) mass is 402 g/mol. The van der Waals surface area contributed by atoms with Gasteiger partial charge in [-0.3, -0.25) is 4.98 Å². The summed E-state index contributed by atoms with van der Waals surface area (Å²) in [4.78, 5) is 14.1. The second-order valence-corrected chi connectivity index (χ2v) is 7.15. The predicted octanol–water partition coefficient (Wildman–Crippen LogP) is 5.78. The van der Waals surface area contributed by atoms with Crippen molar-refractivity contribution in [3.05, 3.63) is 109 Å². The number of hydrogen-bond acceptors (Lipinski definition) is 4. The van der Waals surface area contributed by atoms with Crippen LogP contribution in [0.1, 0.15) is 5.56 Å². The normalized spacial score (nSPS) is 10.8. The van der Waals surface area contributed by atoms with Gasteiger partial charge in [0.25, 0.3) is 0 Å². The van der Waals surface area contributed by atoms with Gasteiger partial charge < -0.3 is 4.74 Å². The van der Waals surface area contributed by atoms with E-state index in [1.807, 2.05) is 72.8 Å². The molecule has 0 saturated carbocycles. The number of hydrogen-bond donors (Lipinski definition) is 0. The largest absolute Gasteiger partial charge is 0.491 e. The quantitative estimate of drug-likeness (QED) is 0.361. The smallest absolute Gasteiger partial charge is 0.147 e. The first-order valence-corrected chi connectivity index (χ1v) is 10.2. The molecule has 2 aromatic heterocycles. The van der Waals surface area contributed by atoms with Crippen LogP contribution in [0.3, 0.4) is 0 Å². The molecule has 0 saturated heterocycles. The molecule has 0 fully saturated rings. The highest BCUT2D eigenvalue weighted by Gasteiger charge is 2.15. The second kappa shape index (κ2) is 8.76. The van der Waals surface area contributed by atoms with Gasteiger partial charge in [-0.1, -0.05) is 60.7 Å². The molecule has 0 aliphatic rings. The summed E-state index contributed by atoms with van der Waals surface area (Å²) < 4.78 is 6.13. The van der Waals surface area contributed by atoms with Gasteiger partial charge in [0.1, 0.15) is 11.3 Å². The molecular formula is C27H20N3O. The first-order chi connectivity index (χ1) is 15.4. The van der Waals surface area contributed by atoms with Crippen molar-refractivity contribution in [1.29, 1.82) is 0 Å². The van der Waals surface area contributed by atoms with E-state index in [1.54, 1.807) is 12.4 Å². The molecule has 4 nitrogen and oxygen atoms in total. The molecular weight excluding hydrogens is 382 g/mol. The number of para-hydroxylation sites is 1. The van der Waals surface area contributed by atoms with Crippen LogP contribution in [0, 0.1) is 6.07 Å². The molecule has 0 amide bonds. The van der Waals surface area contributed by atoms with Gasteiger partial charge in [-0.2, -0.15) is 0 Å². The fourth-order valence-electron chi connectivity index (χ4n) is 3.54. The number of aromatic nitrogens is 3. The molecule has 0 bridgehead atoms. The molecule has 5 rings (SSSR count). The molecule has 0 unspecified atom stereocenters. The zero-order valence-corrected chi connectivity index (χ0v) is 16.9. The van der Waals surface area contributed by atoms with Gasteiger partial charge in [-0.15, -0.1) is 0 Å². The summed E-state index contributed by atoms with van der Waals surface area (Å²) in [5.74, 6) is 0.738. The molecule has 0 aliphatic carbocycles. The molecule has 0 aliphatic heterocycles. The minimum atomic E-state index is 0.556. The Hall–Kier alpha value is -4.05. The molecule has 1 radical (unpaired) electrons. The van der Waals surface area contributed by atoms with E-state index in [0.717, 1.165) is 45.7 Å². The average molecular weight is 402 g/mol. The third-order valence-electron chi connectivity index (χ3n) is 5.09. The fourth-order valence-corrected chi connectivity index (χ4v) is 3.54. The second-order valence-electron chi connectivity index (χ2n) is 7.15. The Kier molecular flexibility index (Phi) is 5.35. The van der Waals surface area contributed by atoms with Crippen molar-refractivity contribution in [1.82, 2.24) is 15.0 Å². The van der Waals surface area contributed by atoms with E-state index in [1.165, 1.54) is 5.56 Å². The highest BCUT2D eigenvalue weighted by atomic mass is 16.5. The van der Waals surface area contributed by atoms with Crippen LogP contribution in [-0.2, 0) is 6.42 Å². The van der Waals surface area contributed by atoms with E-state index < -0.39 is 0 Å². The van der Waals surface area contributed by atoms with Crippen LogP contribution in [-0.4, -0.2) is 21.6 Å². The first-order valence-electron chi connectivity index (χ1n) is 10.2. The zero-order valence-electron chi connectivity index (χ0n) is 16.9. The molecule has 31 heavy (non-hydrogen) atoms. The standard InChI is InChI=1S/C27H20N3O/c1-3-8-21(9-4-1)25-26(22-10-5-2-6-11-22)30-27-23(29-25)12-7-13-24(27)31-19-16-20-14-17-28-18-15-20/h1,3-15,17-18H,16,19H2. The summed E-state index contributed by atoms with van der Waals surface area (Å²) >= 11 is 0. The molecule has 0 spiro atoms. The maximum atomic E-state index is 6.13. The lowest BCUT2D eigenvalue weighted by Crippen LogP contribution is -2.03. The lowest BCUT2D eigenvalue weighted by Gasteiger charge is -2.13. The Balaban J connectivity index is 1.56. The average Bonchev–Trinajstić information content (AvgIpc) is 2.85. The molecule has 149 valence electrons. The summed E-state index contributed by atoms with van der Waals surface area (Å²) in [6.45, 7) is 0.556. The summed E-state index contributed by atoms with van der Waals surface area (Å²) in [6, 6.07) is 30.9. The van der Waals surface area contributed by atoms with Crippen LogP contribution in [0.25, 0.3) is 33.5 Å². The van der Waals surface area contributed by atoms with Gasteiger partial charge in [0.2, 0.25) is 0 Å². The molecule has 4 heteroatoms. The Morgan fingerprint density at radius 3 is 2.26 bits per heavy atom. The summed E-state index contributed by atoms with van der Waals surface area (Å²) in [5.41, 5.74) is 6.48. The topological polar surface area (TPSA) is 47.9 Å². The van der Waals surface area contributed by atoms with Crippen LogP contribution in [0.2, 0.25) is 0 Å². The lowest BCUT2D eigenvalue weighted by atomic mass is 10.0. The first kappa shape index (κ1) is 18.9. The highest BCUT2D eigenvalue weighted by Crippen LogP contribution is 2.33. The third-order valence-corrected chi connectivity index (χ3v) is 5.09. The minimum absolute atomic E-state index is 0.556. The minimum Gasteiger partial charge on any atom is -0.491 e. The van der Waals surface area contributed by atoms with Gasteiger partial charge in [0.15, 0.2) is 0 Å². The molecule has 3 aromatic carbocycles. The Morgan fingerprint density at radius 1 is 0.710 bits per heavy atom. The molecule has 0 N–H and O–H groups in total.